The fraction of sp³-hybridized carbons (Fsp3) is 0.684. The third-order valence-electron chi connectivity index (χ3n) is 6.36. The van der Waals surface area contributed by atoms with Crippen LogP contribution >= 0.6 is 0 Å². The molecule has 0 spiro atoms. The molecular weight excluding hydrogens is 363 g/mol. The fourth-order valence-electron chi connectivity index (χ4n) is 3.10. The lowest BCUT2D eigenvalue weighted by Crippen LogP contribution is -3.23. The molecule has 2 aliphatic rings. The second kappa shape index (κ2) is 7.36. The van der Waals surface area contributed by atoms with E-state index in [1.54, 1.807) is 0 Å². The van der Waals surface area contributed by atoms with Crippen molar-refractivity contribution in [1.29, 1.82) is 0 Å². The van der Waals surface area contributed by atoms with Gasteiger partial charge in [0.25, 0.3) is 0 Å². The number of hydrogen-bond acceptors (Lipinski definition) is 4. The van der Waals surface area contributed by atoms with E-state index in [-0.39, 0.29) is 12.4 Å². The molecule has 2 saturated heterocycles. The lowest BCUT2D eigenvalue weighted by molar-refractivity contribution is -0.723. The van der Waals surface area contributed by atoms with E-state index < -0.39 is 36.9 Å². The molecule has 0 unspecified atom stereocenters. The summed E-state index contributed by atoms with van der Waals surface area (Å²) >= 11 is 0. The Bertz CT molecular complexity index is 586. The molecule has 2 fully saturated rings. The summed E-state index contributed by atoms with van der Waals surface area (Å²) in [6.45, 7) is 17.2. The molecule has 0 atom stereocenters. The fourth-order valence-corrected chi connectivity index (χ4v) is 3.10. The standard InChI is InChI=1S/C19H31B2NO4.ClH/c1-16(2)17(3,4)24-20(23-16)22(14-15-12-10-9-11-13-15)21-25-18(5,6)19(7,8)26-21;/h9-13H,14H2,1-8H3;1H. The van der Waals surface area contributed by atoms with Gasteiger partial charge in [-0.3, -0.25) is 0 Å². The second-order valence-corrected chi connectivity index (χ2v) is 9.41. The minimum Gasteiger partial charge on any atom is -1.00 e. The Hall–Kier alpha value is -0.560. The largest absolute Gasteiger partial charge is 1.00 e. The van der Waals surface area contributed by atoms with Gasteiger partial charge in [-0.05, 0) is 55.4 Å². The predicted octanol–water partition coefficient (Wildman–Crippen LogP) is -0.747. The summed E-state index contributed by atoms with van der Waals surface area (Å²) < 4.78 is 26.3. The van der Waals surface area contributed by atoms with Gasteiger partial charge in [-0.1, -0.05) is 30.3 Å². The Morgan fingerprint density at radius 3 is 1.33 bits per heavy atom. The Labute approximate surface area is 170 Å². The van der Waals surface area contributed by atoms with E-state index in [0.717, 1.165) is 4.72 Å². The molecular formula is C19H32B2ClNO4. The van der Waals surface area contributed by atoms with Crippen LogP contribution in [0.2, 0.25) is 0 Å². The van der Waals surface area contributed by atoms with Crippen molar-refractivity contribution in [3.8, 4) is 0 Å². The molecule has 1 N–H and O–H groups in total. The van der Waals surface area contributed by atoms with Gasteiger partial charge in [-0.2, -0.15) is 0 Å². The van der Waals surface area contributed by atoms with Crippen molar-refractivity contribution in [2.45, 2.75) is 84.3 Å². The molecule has 0 aromatic heterocycles. The zero-order valence-electron chi connectivity index (χ0n) is 17.8. The van der Waals surface area contributed by atoms with Crippen molar-refractivity contribution in [1.82, 2.24) is 0 Å². The predicted molar refractivity (Wildman–Crippen MR) is 103 cm³/mol. The summed E-state index contributed by atoms with van der Waals surface area (Å²) in [6, 6.07) is 10.3. The van der Waals surface area contributed by atoms with Crippen LogP contribution in [0, 0.1) is 0 Å². The summed E-state index contributed by atoms with van der Waals surface area (Å²) in [6.07, 6.45) is 0. The van der Waals surface area contributed by atoms with E-state index >= 15 is 0 Å². The first-order valence-corrected chi connectivity index (χ1v) is 9.45. The number of halogens is 1. The van der Waals surface area contributed by atoms with Crippen LogP contribution in [0.15, 0.2) is 30.3 Å². The average molecular weight is 396 g/mol. The zero-order chi connectivity index (χ0) is 19.4. The van der Waals surface area contributed by atoms with Crippen LogP contribution in [0.1, 0.15) is 61.0 Å². The highest BCUT2D eigenvalue weighted by molar-refractivity contribution is 6.48. The number of rotatable bonds is 4. The molecule has 27 heavy (non-hydrogen) atoms. The highest BCUT2D eigenvalue weighted by Crippen LogP contribution is 2.37. The van der Waals surface area contributed by atoms with E-state index in [1.165, 1.54) is 5.56 Å². The van der Waals surface area contributed by atoms with E-state index in [0.29, 0.717) is 6.54 Å². The van der Waals surface area contributed by atoms with E-state index in [9.17, 15) is 0 Å². The maximum absolute atomic E-state index is 6.33. The highest BCUT2D eigenvalue weighted by Gasteiger charge is 2.66. The smallest absolute Gasteiger partial charge is 0.742 e. The highest BCUT2D eigenvalue weighted by atomic mass is 35.5. The Morgan fingerprint density at radius 2 is 1.00 bits per heavy atom. The van der Waals surface area contributed by atoms with Gasteiger partial charge in [-0.25, -0.2) is 0 Å². The summed E-state index contributed by atoms with van der Waals surface area (Å²) in [5.41, 5.74) is -0.411. The Balaban J connectivity index is 0.00000261. The molecule has 0 radical (unpaired) electrons. The second-order valence-electron chi connectivity index (χ2n) is 9.41. The minimum atomic E-state index is -0.463. The average Bonchev–Trinajstić information content (AvgIpc) is 2.85. The van der Waals surface area contributed by atoms with Crippen LogP contribution < -0.4 is 17.1 Å². The van der Waals surface area contributed by atoms with Gasteiger partial charge in [0.2, 0.25) is 0 Å². The topological polar surface area (TPSA) is 41.4 Å². The molecule has 1 aromatic rings. The molecule has 2 aliphatic heterocycles. The first kappa shape index (κ1) is 22.7. The van der Waals surface area contributed by atoms with Crippen molar-refractivity contribution in [3.05, 3.63) is 35.9 Å². The summed E-state index contributed by atoms with van der Waals surface area (Å²) in [5, 5.41) is 0. The SMILES string of the molecule is CC1(C)OB([NH+](Cc2ccccc2)B2OC(C)(C)C(C)(C)O2)OC1(C)C.[Cl-]. The summed E-state index contributed by atoms with van der Waals surface area (Å²) in [5.74, 6) is 0. The van der Waals surface area contributed by atoms with Crippen molar-refractivity contribution in [2.75, 3.05) is 0 Å². The summed E-state index contributed by atoms with van der Waals surface area (Å²) in [7, 11) is -0.926. The van der Waals surface area contributed by atoms with Crippen molar-refractivity contribution < 1.29 is 35.7 Å². The van der Waals surface area contributed by atoms with Crippen molar-refractivity contribution >= 4 is 14.5 Å². The molecule has 0 bridgehead atoms. The third-order valence-corrected chi connectivity index (χ3v) is 6.36. The van der Waals surface area contributed by atoms with Gasteiger partial charge in [0.1, 0.15) is 0 Å². The van der Waals surface area contributed by atoms with E-state index in [4.69, 9.17) is 18.6 Å². The monoisotopic (exact) mass is 395 g/mol. The first-order valence-electron chi connectivity index (χ1n) is 9.45. The van der Waals surface area contributed by atoms with Crippen LogP contribution in [0.5, 0.6) is 0 Å². The maximum Gasteiger partial charge on any atom is 0.742 e. The quantitative estimate of drug-likeness (QED) is 0.682. The number of nitrogens with one attached hydrogen (secondary N) is 1. The van der Waals surface area contributed by atoms with Crippen LogP contribution in [0.3, 0.4) is 0 Å². The molecule has 5 nitrogen and oxygen atoms in total. The van der Waals surface area contributed by atoms with Crippen LogP contribution in [-0.2, 0) is 25.2 Å². The number of hydrogen-bond donors (Lipinski definition) is 1. The lowest BCUT2D eigenvalue weighted by Gasteiger charge is -2.31. The van der Waals surface area contributed by atoms with Crippen molar-refractivity contribution in [2.24, 2.45) is 0 Å². The van der Waals surface area contributed by atoms with Gasteiger partial charge in [0, 0.05) is 5.56 Å². The van der Waals surface area contributed by atoms with Gasteiger partial charge >= 0.3 is 14.5 Å². The van der Waals surface area contributed by atoms with Gasteiger partial charge in [0.15, 0.2) is 0 Å². The normalized spacial score (nSPS) is 24.9. The lowest BCUT2D eigenvalue weighted by atomic mass is 9.88. The van der Waals surface area contributed by atoms with Crippen LogP contribution in [0.25, 0.3) is 0 Å². The van der Waals surface area contributed by atoms with Crippen LogP contribution in [0.4, 0.5) is 0 Å². The maximum atomic E-state index is 6.33. The van der Waals surface area contributed by atoms with Gasteiger partial charge in [-0.15, -0.1) is 0 Å². The molecule has 0 aliphatic carbocycles. The van der Waals surface area contributed by atoms with Crippen molar-refractivity contribution in [3.63, 3.8) is 0 Å². The minimum absolute atomic E-state index is 0. The first-order chi connectivity index (χ1) is 11.8. The zero-order valence-corrected chi connectivity index (χ0v) is 18.5. The molecule has 0 amide bonds. The Kier molecular flexibility index (Phi) is 6.19. The Morgan fingerprint density at radius 1 is 0.667 bits per heavy atom. The van der Waals surface area contributed by atoms with Crippen LogP contribution in [-0.4, -0.2) is 36.9 Å². The molecule has 1 aromatic carbocycles. The molecule has 0 saturated carbocycles. The third kappa shape index (κ3) is 4.24. The summed E-state index contributed by atoms with van der Waals surface area (Å²) in [4.78, 5) is 0. The molecule has 2 heterocycles. The number of benzene rings is 1. The molecule has 8 heteroatoms. The van der Waals surface area contributed by atoms with Gasteiger partial charge < -0.3 is 35.7 Å². The van der Waals surface area contributed by atoms with Gasteiger partial charge in [0.05, 0.1) is 28.9 Å². The molecule has 150 valence electrons. The molecule has 3 rings (SSSR count). The number of quaternary nitrogens is 1. The van der Waals surface area contributed by atoms with E-state index in [2.05, 4.69) is 67.5 Å². The van der Waals surface area contributed by atoms with E-state index in [1.807, 2.05) is 18.2 Å².